The van der Waals surface area contributed by atoms with E-state index in [-0.39, 0.29) is 32.4 Å². The summed E-state index contributed by atoms with van der Waals surface area (Å²) in [5.74, 6) is -2.48. The molecule has 4 N–H and O–H groups in total. The molecule has 1 unspecified atom stereocenters. The van der Waals surface area contributed by atoms with E-state index in [4.69, 9.17) is 16.3 Å². The number of carbonyl (C=O) groups excluding carboxylic acids is 4. The molecular weight excluding hydrogens is 636 g/mol. The van der Waals surface area contributed by atoms with Gasteiger partial charge in [-0.2, -0.15) is 0 Å². The number of alkyl carbamates (subject to hydrolysis) is 1. The van der Waals surface area contributed by atoms with Crippen molar-refractivity contribution in [2.45, 2.75) is 81.8 Å². The van der Waals surface area contributed by atoms with Gasteiger partial charge < -0.3 is 30.7 Å². The number of carbonyl (C=O) groups is 4. The summed E-state index contributed by atoms with van der Waals surface area (Å²) in [5.41, 5.74) is 0.811. The van der Waals surface area contributed by atoms with Crippen LogP contribution in [0.5, 0.6) is 0 Å². The van der Waals surface area contributed by atoms with Crippen LogP contribution < -0.4 is 16.0 Å². The van der Waals surface area contributed by atoms with Crippen LogP contribution in [0.1, 0.15) is 44.7 Å². The molecule has 4 amide bonds. The number of halogens is 1. The van der Waals surface area contributed by atoms with Gasteiger partial charge in [-0.05, 0) is 51.2 Å². The molecule has 12 nitrogen and oxygen atoms in total. The number of nitrogens with zero attached hydrogens (tertiary/aromatic N) is 1. The first-order chi connectivity index (χ1) is 21.5. The fraction of sp³-hybridized carbons (Fsp3) is 0.500. The molecule has 2 aromatic rings. The molecule has 0 aromatic heterocycles. The SMILES string of the molecule is CC(C)(C)NC(=O)[C@@H]1C[C@H](Cl)CN1C(=O)[C@@H](O)[C@H](Cc1ccccc1)NC(=O)C(CCS(C)(=O)=O)NC(=O)OCc1ccccc1. The van der Waals surface area contributed by atoms with E-state index in [0.717, 1.165) is 6.26 Å². The maximum atomic E-state index is 13.7. The number of ether oxygens (including phenoxy) is 1. The second kappa shape index (κ2) is 16.2. The number of amides is 4. The highest BCUT2D eigenvalue weighted by Gasteiger charge is 2.43. The molecule has 0 saturated carbocycles. The van der Waals surface area contributed by atoms with Crippen LogP contribution in [-0.2, 0) is 42.0 Å². The monoisotopic (exact) mass is 678 g/mol. The summed E-state index contributed by atoms with van der Waals surface area (Å²) in [6, 6.07) is 14.1. The van der Waals surface area contributed by atoms with Gasteiger partial charge in [0.15, 0.2) is 6.10 Å². The Balaban J connectivity index is 1.82. The number of alkyl halides is 1. The van der Waals surface area contributed by atoms with Crippen molar-refractivity contribution >= 4 is 45.3 Å². The first-order valence-corrected chi connectivity index (χ1v) is 17.5. The summed E-state index contributed by atoms with van der Waals surface area (Å²) in [6.07, 6.45) is -1.86. The molecule has 2 aromatic carbocycles. The lowest BCUT2D eigenvalue weighted by Crippen LogP contribution is -2.59. The number of rotatable bonds is 13. The van der Waals surface area contributed by atoms with Crippen LogP contribution in [0.25, 0.3) is 0 Å². The number of benzene rings is 2. The standard InChI is InChI=1S/C32H43ClN4O8S/c1-32(2,3)36-29(40)26-18-23(33)19-37(26)30(41)27(38)25(17-21-11-7-5-8-12-21)34-28(39)24(15-16-46(4,43)44)35-31(42)45-20-22-13-9-6-10-14-22/h5-14,23-27,38H,15-20H2,1-4H3,(H,34,39)(H,35,42)(H,36,40)/t23-,24?,25-,26-,27-/m0/s1. The van der Waals surface area contributed by atoms with E-state index >= 15 is 0 Å². The molecule has 1 saturated heterocycles. The van der Waals surface area contributed by atoms with E-state index in [1.165, 1.54) is 4.90 Å². The Bertz CT molecular complexity index is 1450. The van der Waals surface area contributed by atoms with Crippen molar-refractivity contribution in [1.29, 1.82) is 0 Å². The summed E-state index contributed by atoms with van der Waals surface area (Å²) < 4.78 is 29.1. The van der Waals surface area contributed by atoms with Gasteiger partial charge in [0.2, 0.25) is 11.8 Å². The summed E-state index contributed by atoms with van der Waals surface area (Å²) in [6.45, 7) is 5.33. The average Bonchev–Trinajstić information content (AvgIpc) is 3.38. The number of aliphatic hydroxyl groups is 1. The molecule has 5 atom stereocenters. The highest BCUT2D eigenvalue weighted by Crippen LogP contribution is 2.25. The number of hydrogen-bond donors (Lipinski definition) is 4. The molecule has 0 aliphatic carbocycles. The van der Waals surface area contributed by atoms with Crippen LogP contribution in [0.15, 0.2) is 60.7 Å². The van der Waals surface area contributed by atoms with Crippen LogP contribution in [0.3, 0.4) is 0 Å². The van der Waals surface area contributed by atoms with Crippen molar-refractivity contribution in [3.8, 4) is 0 Å². The molecule has 1 aliphatic heterocycles. The first kappa shape index (κ1) is 36.8. The normalized spacial score (nSPS) is 18.6. The lowest BCUT2D eigenvalue weighted by Gasteiger charge is -2.32. The van der Waals surface area contributed by atoms with Crippen molar-refractivity contribution in [3.05, 3.63) is 71.8 Å². The van der Waals surface area contributed by atoms with Crippen molar-refractivity contribution < 1.29 is 37.4 Å². The summed E-state index contributed by atoms with van der Waals surface area (Å²) >= 11 is 6.36. The first-order valence-electron chi connectivity index (χ1n) is 15.0. The summed E-state index contributed by atoms with van der Waals surface area (Å²) in [7, 11) is -3.53. The van der Waals surface area contributed by atoms with Gasteiger partial charge in [0, 0.05) is 18.3 Å². The fourth-order valence-corrected chi connectivity index (χ4v) is 5.95. The van der Waals surface area contributed by atoms with Crippen LogP contribution in [0.4, 0.5) is 4.79 Å². The van der Waals surface area contributed by atoms with Crippen molar-refractivity contribution in [1.82, 2.24) is 20.9 Å². The van der Waals surface area contributed by atoms with Crippen molar-refractivity contribution in [2.24, 2.45) is 0 Å². The van der Waals surface area contributed by atoms with Gasteiger partial charge in [0.1, 0.15) is 28.5 Å². The van der Waals surface area contributed by atoms with E-state index in [1.807, 2.05) is 0 Å². The largest absolute Gasteiger partial charge is 0.445 e. The van der Waals surface area contributed by atoms with E-state index in [1.54, 1.807) is 81.4 Å². The minimum absolute atomic E-state index is 0.00767. The third-order valence-electron chi connectivity index (χ3n) is 7.19. The number of likely N-dealkylation sites (tertiary alicyclic amines) is 1. The maximum Gasteiger partial charge on any atom is 0.408 e. The smallest absolute Gasteiger partial charge is 0.408 e. The molecule has 1 heterocycles. The Labute approximate surface area is 275 Å². The number of nitrogens with one attached hydrogen (secondary N) is 3. The van der Waals surface area contributed by atoms with Crippen LogP contribution in [0.2, 0.25) is 0 Å². The second-order valence-electron chi connectivity index (χ2n) is 12.5. The zero-order chi connectivity index (χ0) is 34.1. The van der Waals surface area contributed by atoms with Gasteiger partial charge in [0.25, 0.3) is 5.91 Å². The lowest BCUT2D eigenvalue weighted by atomic mass is 9.99. The summed E-state index contributed by atoms with van der Waals surface area (Å²) in [4.78, 5) is 54.3. The molecular formula is C32H43ClN4O8S. The Morgan fingerprint density at radius 1 is 1.00 bits per heavy atom. The third-order valence-corrected chi connectivity index (χ3v) is 8.49. The molecule has 46 heavy (non-hydrogen) atoms. The highest BCUT2D eigenvalue weighted by molar-refractivity contribution is 7.90. The third kappa shape index (κ3) is 11.9. The average molecular weight is 679 g/mol. The molecule has 14 heteroatoms. The highest BCUT2D eigenvalue weighted by atomic mass is 35.5. The quantitative estimate of drug-likeness (QED) is 0.233. The van der Waals surface area contributed by atoms with Crippen molar-refractivity contribution in [2.75, 3.05) is 18.6 Å². The van der Waals surface area contributed by atoms with Gasteiger partial charge in [-0.15, -0.1) is 11.6 Å². The fourth-order valence-electron chi connectivity index (χ4n) is 4.97. The predicted octanol–water partition coefficient (Wildman–Crippen LogP) is 1.93. The predicted molar refractivity (Wildman–Crippen MR) is 174 cm³/mol. The van der Waals surface area contributed by atoms with Gasteiger partial charge in [0.05, 0.1) is 17.2 Å². The zero-order valence-electron chi connectivity index (χ0n) is 26.4. The summed E-state index contributed by atoms with van der Waals surface area (Å²) in [5, 5.41) is 18.8. The molecule has 252 valence electrons. The minimum Gasteiger partial charge on any atom is -0.445 e. The van der Waals surface area contributed by atoms with Crippen molar-refractivity contribution in [3.63, 3.8) is 0 Å². The Hall–Kier alpha value is -3.68. The maximum absolute atomic E-state index is 13.7. The van der Waals surface area contributed by atoms with Gasteiger partial charge in [-0.3, -0.25) is 14.4 Å². The molecule has 1 aliphatic rings. The second-order valence-corrected chi connectivity index (χ2v) is 15.4. The van der Waals surface area contributed by atoms with E-state index in [0.29, 0.717) is 11.1 Å². The van der Waals surface area contributed by atoms with Crippen LogP contribution >= 0.6 is 11.6 Å². The Kier molecular flexibility index (Phi) is 13.0. The topological polar surface area (TPSA) is 171 Å². The van der Waals surface area contributed by atoms with Gasteiger partial charge in [-0.1, -0.05) is 60.7 Å². The number of aliphatic hydroxyl groups excluding tert-OH is 1. The zero-order valence-corrected chi connectivity index (χ0v) is 28.0. The van der Waals surface area contributed by atoms with E-state index in [9.17, 15) is 32.7 Å². The molecule has 3 rings (SSSR count). The Morgan fingerprint density at radius 2 is 1.59 bits per heavy atom. The molecule has 0 radical (unpaired) electrons. The lowest BCUT2D eigenvalue weighted by molar-refractivity contribution is -0.147. The van der Waals surface area contributed by atoms with Crippen LogP contribution in [0, 0.1) is 0 Å². The van der Waals surface area contributed by atoms with E-state index in [2.05, 4.69) is 16.0 Å². The molecule has 1 fully saturated rings. The van der Waals surface area contributed by atoms with Crippen LogP contribution in [-0.4, -0.2) is 95.9 Å². The van der Waals surface area contributed by atoms with E-state index < -0.39 is 74.6 Å². The Morgan fingerprint density at radius 3 is 2.15 bits per heavy atom. The number of hydrogen-bond acceptors (Lipinski definition) is 8. The number of sulfone groups is 1. The van der Waals surface area contributed by atoms with Gasteiger partial charge >= 0.3 is 6.09 Å². The minimum atomic E-state index is -3.53. The molecule has 0 spiro atoms. The van der Waals surface area contributed by atoms with Gasteiger partial charge in [-0.25, -0.2) is 13.2 Å². The molecule has 0 bridgehead atoms.